The van der Waals surface area contributed by atoms with Crippen molar-refractivity contribution in [1.29, 1.82) is 0 Å². The SMILES string of the molecule is O=C(O)CCCCCCCNC(=O)c1ccc(Br)cc1. The van der Waals surface area contributed by atoms with Gasteiger partial charge < -0.3 is 10.4 Å². The quantitative estimate of drug-likeness (QED) is 0.674. The lowest BCUT2D eigenvalue weighted by Crippen LogP contribution is -2.24. The molecule has 0 heterocycles. The van der Waals surface area contributed by atoms with E-state index in [1.807, 2.05) is 12.1 Å². The van der Waals surface area contributed by atoms with E-state index >= 15 is 0 Å². The number of halogens is 1. The van der Waals surface area contributed by atoms with Gasteiger partial charge in [-0.25, -0.2) is 0 Å². The highest BCUT2D eigenvalue weighted by Crippen LogP contribution is 2.10. The molecule has 0 aliphatic heterocycles. The smallest absolute Gasteiger partial charge is 0.303 e. The van der Waals surface area contributed by atoms with Crippen molar-refractivity contribution in [1.82, 2.24) is 5.32 Å². The summed E-state index contributed by atoms with van der Waals surface area (Å²) in [7, 11) is 0. The molecule has 1 aromatic carbocycles. The Kier molecular flexibility index (Phi) is 7.95. The number of nitrogens with one attached hydrogen (secondary N) is 1. The van der Waals surface area contributed by atoms with Crippen LogP contribution in [0.5, 0.6) is 0 Å². The molecule has 5 heteroatoms. The molecule has 0 aromatic heterocycles. The minimum atomic E-state index is -0.730. The summed E-state index contributed by atoms with van der Waals surface area (Å²) in [5.74, 6) is -0.782. The predicted octanol–water partition coefficient (Wildman–Crippen LogP) is 3.60. The van der Waals surface area contributed by atoms with Crippen molar-refractivity contribution in [2.24, 2.45) is 0 Å². The number of hydrogen-bond donors (Lipinski definition) is 2. The largest absolute Gasteiger partial charge is 0.481 e. The van der Waals surface area contributed by atoms with E-state index in [0.717, 1.165) is 36.6 Å². The minimum Gasteiger partial charge on any atom is -0.481 e. The Labute approximate surface area is 127 Å². The molecule has 2 N–H and O–H groups in total. The van der Waals surface area contributed by atoms with Gasteiger partial charge >= 0.3 is 5.97 Å². The fourth-order valence-electron chi connectivity index (χ4n) is 1.84. The number of carbonyl (C=O) groups is 2. The van der Waals surface area contributed by atoms with Gasteiger partial charge in [0.1, 0.15) is 0 Å². The van der Waals surface area contributed by atoms with Crippen LogP contribution in [-0.2, 0) is 4.79 Å². The summed E-state index contributed by atoms with van der Waals surface area (Å²) >= 11 is 3.33. The van der Waals surface area contributed by atoms with Crippen molar-refractivity contribution in [3.8, 4) is 0 Å². The third-order valence-corrected chi connectivity index (χ3v) is 3.49. The standard InChI is InChI=1S/C15H20BrNO3/c16-13-9-7-12(8-10-13)15(20)17-11-5-3-1-2-4-6-14(18)19/h7-10H,1-6,11H2,(H,17,20)(H,18,19). The first-order valence-electron chi connectivity index (χ1n) is 6.85. The number of carbonyl (C=O) groups excluding carboxylic acids is 1. The van der Waals surface area contributed by atoms with Gasteiger partial charge in [0.25, 0.3) is 5.91 Å². The van der Waals surface area contributed by atoms with E-state index in [0.29, 0.717) is 12.1 Å². The second-order valence-electron chi connectivity index (χ2n) is 4.67. The van der Waals surface area contributed by atoms with E-state index < -0.39 is 5.97 Å². The molecule has 1 aromatic rings. The van der Waals surface area contributed by atoms with E-state index in [1.54, 1.807) is 12.1 Å². The van der Waals surface area contributed by atoms with Gasteiger partial charge in [0.2, 0.25) is 0 Å². The van der Waals surface area contributed by atoms with Crippen LogP contribution in [0.4, 0.5) is 0 Å². The van der Waals surface area contributed by atoms with Crippen LogP contribution in [0.25, 0.3) is 0 Å². The Balaban J connectivity index is 2.05. The van der Waals surface area contributed by atoms with Crippen LogP contribution in [0.2, 0.25) is 0 Å². The molecule has 4 nitrogen and oxygen atoms in total. The van der Waals surface area contributed by atoms with E-state index in [4.69, 9.17) is 5.11 Å². The molecule has 1 rings (SSSR count). The molecular weight excluding hydrogens is 322 g/mol. The zero-order chi connectivity index (χ0) is 14.8. The lowest BCUT2D eigenvalue weighted by atomic mass is 10.1. The summed E-state index contributed by atoms with van der Waals surface area (Å²) in [5.41, 5.74) is 0.662. The molecule has 0 aliphatic carbocycles. The normalized spacial score (nSPS) is 10.2. The van der Waals surface area contributed by atoms with Crippen molar-refractivity contribution in [3.05, 3.63) is 34.3 Å². The molecule has 0 atom stereocenters. The van der Waals surface area contributed by atoms with E-state index in [1.165, 1.54) is 0 Å². The van der Waals surface area contributed by atoms with Crippen LogP contribution in [0.1, 0.15) is 48.9 Å². The molecule has 0 bridgehead atoms. The molecule has 0 spiro atoms. The maximum atomic E-state index is 11.8. The summed E-state index contributed by atoms with van der Waals surface area (Å²) in [4.78, 5) is 22.1. The van der Waals surface area contributed by atoms with Gasteiger partial charge in [-0.15, -0.1) is 0 Å². The third kappa shape index (κ3) is 7.28. The molecule has 0 aliphatic rings. The summed E-state index contributed by atoms with van der Waals surface area (Å²) < 4.78 is 0.954. The van der Waals surface area contributed by atoms with Crippen LogP contribution in [-0.4, -0.2) is 23.5 Å². The number of hydrogen-bond acceptors (Lipinski definition) is 2. The summed E-state index contributed by atoms with van der Waals surface area (Å²) in [6.45, 7) is 0.661. The summed E-state index contributed by atoms with van der Waals surface area (Å²) in [5, 5.41) is 11.4. The Bertz CT molecular complexity index is 431. The van der Waals surface area contributed by atoms with E-state index in [-0.39, 0.29) is 12.3 Å². The van der Waals surface area contributed by atoms with Crippen molar-refractivity contribution >= 4 is 27.8 Å². The van der Waals surface area contributed by atoms with Gasteiger partial charge in [0.05, 0.1) is 0 Å². The van der Waals surface area contributed by atoms with Crippen LogP contribution < -0.4 is 5.32 Å². The van der Waals surface area contributed by atoms with Crippen LogP contribution in [0.3, 0.4) is 0 Å². The Morgan fingerprint density at radius 3 is 2.25 bits per heavy atom. The molecule has 0 saturated heterocycles. The number of rotatable bonds is 9. The second kappa shape index (κ2) is 9.53. The number of unbranched alkanes of at least 4 members (excludes halogenated alkanes) is 4. The molecule has 1 amide bonds. The zero-order valence-corrected chi connectivity index (χ0v) is 13.0. The first-order valence-corrected chi connectivity index (χ1v) is 7.64. The monoisotopic (exact) mass is 341 g/mol. The van der Waals surface area contributed by atoms with Gasteiger partial charge in [0.15, 0.2) is 0 Å². The van der Waals surface area contributed by atoms with Crippen LogP contribution >= 0.6 is 15.9 Å². The first kappa shape index (κ1) is 16.7. The molecule has 110 valence electrons. The fraction of sp³-hybridized carbons (Fsp3) is 0.467. The molecule has 0 unspecified atom stereocenters. The maximum Gasteiger partial charge on any atom is 0.303 e. The average Bonchev–Trinajstić information content (AvgIpc) is 2.42. The van der Waals surface area contributed by atoms with Crippen molar-refractivity contribution in [2.45, 2.75) is 38.5 Å². The molecule has 20 heavy (non-hydrogen) atoms. The van der Waals surface area contributed by atoms with E-state index in [2.05, 4.69) is 21.2 Å². The first-order chi connectivity index (χ1) is 9.59. The number of benzene rings is 1. The Morgan fingerprint density at radius 2 is 1.60 bits per heavy atom. The average molecular weight is 342 g/mol. The van der Waals surface area contributed by atoms with Gasteiger partial charge in [-0.1, -0.05) is 35.2 Å². The van der Waals surface area contributed by atoms with Crippen molar-refractivity contribution in [2.75, 3.05) is 6.54 Å². The van der Waals surface area contributed by atoms with E-state index in [9.17, 15) is 9.59 Å². The van der Waals surface area contributed by atoms with Crippen molar-refractivity contribution < 1.29 is 14.7 Å². The highest BCUT2D eigenvalue weighted by Gasteiger charge is 2.03. The third-order valence-electron chi connectivity index (χ3n) is 2.96. The highest BCUT2D eigenvalue weighted by molar-refractivity contribution is 9.10. The topological polar surface area (TPSA) is 66.4 Å². The second-order valence-corrected chi connectivity index (χ2v) is 5.59. The number of aliphatic carboxylic acids is 1. The fourth-order valence-corrected chi connectivity index (χ4v) is 2.10. The predicted molar refractivity (Wildman–Crippen MR) is 81.8 cm³/mol. The highest BCUT2D eigenvalue weighted by atomic mass is 79.9. The summed E-state index contributed by atoms with van der Waals surface area (Å²) in [6, 6.07) is 7.26. The van der Waals surface area contributed by atoms with Gasteiger partial charge in [-0.2, -0.15) is 0 Å². The minimum absolute atomic E-state index is 0.0524. The van der Waals surface area contributed by atoms with Crippen LogP contribution in [0, 0.1) is 0 Å². The number of carboxylic acid groups (broad SMARTS) is 1. The number of carboxylic acids is 1. The number of amides is 1. The lowest BCUT2D eigenvalue weighted by Gasteiger charge is -2.05. The molecule has 0 saturated carbocycles. The Morgan fingerprint density at radius 1 is 1.00 bits per heavy atom. The Hall–Kier alpha value is -1.36. The molecule has 0 fully saturated rings. The van der Waals surface area contributed by atoms with Crippen LogP contribution in [0.15, 0.2) is 28.7 Å². The molecule has 0 radical (unpaired) electrons. The van der Waals surface area contributed by atoms with Crippen molar-refractivity contribution in [3.63, 3.8) is 0 Å². The summed E-state index contributed by atoms with van der Waals surface area (Å²) in [6.07, 6.45) is 4.88. The van der Waals surface area contributed by atoms with Gasteiger partial charge in [-0.3, -0.25) is 9.59 Å². The van der Waals surface area contributed by atoms with Gasteiger partial charge in [0, 0.05) is 23.0 Å². The maximum absolute atomic E-state index is 11.8. The zero-order valence-electron chi connectivity index (χ0n) is 11.4. The molecular formula is C15H20BrNO3. The van der Waals surface area contributed by atoms with Gasteiger partial charge in [-0.05, 0) is 37.1 Å². The lowest BCUT2D eigenvalue weighted by molar-refractivity contribution is -0.137.